The van der Waals surface area contributed by atoms with Crippen molar-refractivity contribution in [2.45, 2.75) is 19.3 Å². The molecule has 1 fully saturated rings. The van der Waals surface area contributed by atoms with Gasteiger partial charge in [-0.15, -0.1) is 11.3 Å². The molecule has 1 aliphatic heterocycles. The van der Waals surface area contributed by atoms with Gasteiger partial charge in [0.15, 0.2) is 5.13 Å². The van der Waals surface area contributed by atoms with E-state index in [1.54, 1.807) is 0 Å². The first-order valence-electron chi connectivity index (χ1n) is 6.20. The highest BCUT2D eigenvalue weighted by molar-refractivity contribution is 7.13. The van der Waals surface area contributed by atoms with E-state index in [9.17, 15) is 0 Å². The molecule has 1 aromatic heterocycles. The molecule has 0 radical (unpaired) electrons. The second-order valence-electron chi connectivity index (χ2n) is 4.77. The van der Waals surface area contributed by atoms with Gasteiger partial charge in [-0.05, 0) is 25.8 Å². The van der Waals surface area contributed by atoms with E-state index in [1.807, 2.05) is 5.38 Å². The number of ether oxygens (including phenoxy) is 1. The van der Waals surface area contributed by atoms with Crippen LogP contribution in [0.15, 0.2) is 5.38 Å². The molecule has 2 heterocycles. The summed E-state index contributed by atoms with van der Waals surface area (Å²) in [4.78, 5) is 6.64. The zero-order valence-corrected chi connectivity index (χ0v) is 11.2. The molecule has 2 rings (SSSR count). The van der Waals surface area contributed by atoms with E-state index < -0.39 is 0 Å². The van der Waals surface area contributed by atoms with Gasteiger partial charge in [-0.25, -0.2) is 4.98 Å². The van der Waals surface area contributed by atoms with Crippen molar-refractivity contribution in [1.82, 2.24) is 9.88 Å². The summed E-state index contributed by atoms with van der Waals surface area (Å²) in [6, 6.07) is 0. The summed E-state index contributed by atoms with van der Waals surface area (Å²) in [5.41, 5.74) is 6.72. The number of hydrogen-bond donors (Lipinski definition) is 1. The first-order valence-corrected chi connectivity index (χ1v) is 7.08. The van der Waals surface area contributed by atoms with Crippen molar-refractivity contribution < 1.29 is 4.74 Å². The zero-order valence-electron chi connectivity index (χ0n) is 10.4. The fraction of sp³-hybridized carbons (Fsp3) is 0.750. The van der Waals surface area contributed by atoms with Crippen LogP contribution < -0.4 is 5.73 Å². The highest BCUT2D eigenvalue weighted by atomic mass is 32.1. The molecule has 1 saturated heterocycles. The lowest BCUT2D eigenvalue weighted by Crippen LogP contribution is -2.32. The Balaban J connectivity index is 1.68. The lowest BCUT2D eigenvalue weighted by atomic mass is 10.0. The molecule has 2 N–H and O–H groups in total. The molecule has 0 bridgehead atoms. The van der Waals surface area contributed by atoms with Crippen LogP contribution in [0.5, 0.6) is 0 Å². The van der Waals surface area contributed by atoms with Gasteiger partial charge in [-0.2, -0.15) is 0 Å². The minimum atomic E-state index is 0.670. The molecule has 96 valence electrons. The van der Waals surface area contributed by atoms with Crippen LogP contribution in [-0.2, 0) is 11.2 Å². The number of nitrogens with two attached hydrogens (primary N) is 1. The number of aromatic nitrogens is 1. The monoisotopic (exact) mass is 255 g/mol. The number of thiazole rings is 1. The summed E-state index contributed by atoms with van der Waals surface area (Å²) in [5.74, 6) is 0.703. The third kappa shape index (κ3) is 4.26. The normalized spacial score (nSPS) is 20.9. The van der Waals surface area contributed by atoms with Crippen molar-refractivity contribution in [2.24, 2.45) is 5.92 Å². The first-order chi connectivity index (χ1) is 8.24. The van der Waals surface area contributed by atoms with E-state index in [0.717, 1.165) is 38.4 Å². The Morgan fingerprint density at radius 2 is 2.53 bits per heavy atom. The van der Waals surface area contributed by atoms with E-state index in [0.29, 0.717) is 11.0 Å². The fourth-order valence-corrected chi connectivity index (χ4v) is 2.82. The van der Waals surface area contributed by atoms with Gasteiger partial charge >= 0.3 is 0 Å². The van der Waals surface area contributed by atoms with Crippen LogP contribution >= 0.6 is 11.3 Å². The quantitative estimate of drug-likeness (QED) is 0.869. The summed E-state index contributed by atoms with van der Waals surface area (Å²) in [5, 5.41) is 2.72. The Morgan fingerprint density at radius 3 is 3.18 bits per heavy atom. The molecule has 1 unspecified atom stereocenters. The molecule has 1 aliphatic rings. The Kier molecular flexibility index (Phi) is 4.76. The Labute approximate surface area is 107 Å². The summed E-state index contributed by atoms with van der Waals surface area (Å²) in [6.45, 7) is 4.03. The number of rotatable bonds is 5. The smallest absolute Gasteiger partial charge is 0.180 e. The standard InChI is InChI=1S/C12H21N3OS/c1-15(7-10-3-2-6-16-8-10)5-4-11-9-17-12(13)14-11/h9-10H,2-8H2,1H3,(H2,13,14). The molecular weight excluding hydrogens is 234 g/mol. The molecule has 0 aromatic carbocycles. The van der Waals surface area contributed by atoms with Crippen LogP contribution in [0.4, 0.5) is 5.13 Å². The van der Waals surface area contributed by atoms with Crippen molar-refractivity contribution in [1.29, 1.82) is 0 Å². The van der Waals surface area contributed by atoms with Gasteiger partial charge in [0, 0.05) is 31.5 Å². The Bertz CT molecular complexity index is 336. The van der Waals surface area contributed by atoms with E-state index in [-0.39, 0.29) is 0 Å². The molecule has 1 aromatic rings. The average Bonchev–Trinajstić information content (AvgIpc) is 2.74. The molecule has 5 heteroatoms. The molecule has 17 heavy (non-hydrogen) atoms. The van der Waals surface area contributed by atoms with E-state index in [2.05, 4.69) is 16.9 Å². The van der Waals surface area contributed by atoms with Crippen LogP contribution in [-0.4, -0.2) is 43.2 Å². The molecule has 1 atom stereocenters. The molecule has 0 aliphatic carbocycles. The number of likely N-dealkylation sites (N-methyl/N-ethyl adjacent to an activating group) is 1. The van der Waals surface area contributed by atoms with Gasteiger partial charge in [0.1, 0.15) is 0 Å². The topological polar surface area (TPSA) is 51.4 Å². The second kappa shape index (κ2) is 6.33. The van der Waals surface area contributed by atoms with Crippen LogP contribution in [0.2, 0.25) is 0 Å². The number of nitrogen functional groups attached to an aromatic ring is 1. The summed E-state index contributed by atoms with van der Waals surface area (Å²) in [6.07, 6.45) is 3.49. The minimum absolute atomic E-state index is 0.670. The van der Waals surface area contributed by atoms with Crippen molar-refractivity contribution >= 4 is 16.5 Å². The van der Waals surface area contributed by atoms with E-state index in [4.69, 9.17) is 10.5 Å². The van der Waals surface area contributed by atoms with Gasteiger partial charge in [0.2, 0.25) is 0 Å². The highest BCUT2D eigenvalue weighted by Gasteiger charge is 2.15. The lowest BCUT2D eigenvalue weighted by molar-refractivity contribution is 0.0422. The maximum Gasteiger partial charge on any atom is 0.180 e. The van der Waals surface area contributed by atoms with E-state index >= 15 is 0 Å². The molecular formula is C12H21N3OS. The maximum absolute atomic E-state index is 5.61. The Morgan fingerprint density at radius 1 is 1.65 bits per heavy atom. The van der Waals surface area contributed by atoms with Crippen molar-refractivity contribution in [3.63, 3.8) is 0 Å². The van der Waals surface area contributed by atoms with Crippen molar-refractivity contribution in [3.05, 3.63) is 11.1 Å². The molecule has 0 amide bonds. The summed E-state index contributed by atoms with van der Waals surface area (Å²) < 4.78 is 5.50. The van der Waals surface area contributed by atoms with Gasteiger partial charge in [0.25, 0.3) is 0 Å². The van der Waals surface area contributed by atoms with Gasteiger partial charge in [-0.1, -0.05) is 0 Å². The molecule has 4 nitrogen and oxygen atoms in total. The summed E-state index contributed by atoms with van der Waals surface area (Å²) in [7, 11) is 2.17. The van der Waals surface area contributed by atoms with Crippen LogP contribution in [0, 0.1) is 5.92 Å². The minimum Gasteiger partial charge on any atom is -0.381 e. The zero-order chi connectivity index (χ0) is 12.1. The van der Waals surface area contributed by atoms with Gasteiger partial charge in [0.05, 0.1) is 12.3 Å². The Hall–Kier alpha value is -0.650. The number of anilines is 1. The largest absolute Gasteiger partial charge is 0.381 e. The lowest BCUT2D eigenvalue weighted by Gasteiger charge is -2.26. The number of hydrogen-bond acceptors (Lipinski definition) is 5. The third-order valence-corrected chi connectivity index (χ3v) is 3.87. The van der Waals surface area contributed by atoms with Crippen LogP contribution in [0.25, 0.3) is 0 Å². The average molecular weight is 255 g/mol. The fourth-order valence-electron chi connectivity index (χ4n) is 2.23. The van der Waals surface area contributed by atoms with Gasteiger partial charge in [-0.3, -0.25) is 0 Å². The highest BCUT2D eigenvalue weighted by Crippen LogP contribution is 2.15. The predicted octanol–water partition coefficient (Wildman–Crippen LogP) is 1.63. The molecule has 0 saturated carbocycles. The van der Waals surface area contributed by atoms with Crippen molar-refractivity contribution in [2.75, 3.05) is 39.1 Å². The third-order valence-electron chi connectivity index (χ3n) is 3.14. The SMILES string of the molecule is CN(CCc1csc(N)n1)CC1CCCOC1. The maximum atomic E-state index is 5.61. The summed E-state index contributed by atoms with van der Waals surface area (Å²) >= 11 is 1.52. The van der Waals surface area contributed by atoms with Crippen molar-refractivity contribution in [3.8, 4) is 0 Å². The van der Waals surface area contributed by atoms with E-state index in [1.165, 1.54) is 24.2 Å². The van der Waals surface area contributed by atoms with Crippen LogP contribution in [0.3, 0.4) is 0 Å². The van der Waals surface area contributed by atoms with Crippen LogP contribution in [0.1, 0.15) is 18.5 Å². The molecule has 0 spiro atoms. The predicted molar refractivity (Wildman–Crippen MR) is 71.3 cm³/mol. The van der Waals surface area contributed by atoms with Gasteiger partial charge < -0.3 is 15.4 Å². The first kappa shape index (κ1) is 12.8. The second-order valence-corrected chi connectivity index (χ2v) is 5.66. The number of nitrogens with zero attached hydrogens (tertiary/aromatic N) is 2.